The monoisotopic (exact) mass is 416 g/mol. The Labute approximate surface area is 180 Å². The Morgan fingerprint density at radius 3 is 2.61 bits per heavy atom. The number of aryl methyl sites for hydroxylation is 3. The van der Waals surface area contributed by atoms with Crippen LogP contribution in [0.3, 0.4) is 0 Å². The lowest BCUT2D eigenvalue weighted by molar-refractivity contribution is 0.0991. The van der Waals surface area contributed by atoms with Gasteiger partial charge >= 0.3 is 0 Å². The first-order valence-electron chi connectivity index (χ1n) is 10.0. The Bertz CT molecular complexity index is 1190. The third-order valence-electron chi connectivity index (χ3n) is 4.65. The number of carbonyl (C=O) groups excluding carboxylic acids is 1. The number of amides is 1. The van der Waals surface area contributed by atoms with Gasteiger partial charge in [0.05, 0.1) is 6.54 Å². The number of hydrogen-bond donors (Lipinski definition) is 1. The highest BCUT2D eigenvalue weighted by Gasteiger charge is 2.14. The molecule has 0 spiro atoms. The first-order valence-corrected chi connectivity index (χ1v) is 10.0. The summed E-state index contributed by atoms with van der Waals surface area (Å²) in [4.78, 5) is 16.6. The fourth-order valence-electron chi connectivity index (χ4n) is 3.34. The summed E-state index contributed by atoms with van der Waals surface area (Å²) in [5, 5.41) is 6.97. The number of nitrogens with zero attached hydrogens (tertiary/aromatic N) is 3. The minimum absolute atomic E-state index is 0.175. The van der Waals surface area contributed by atoms with Crippen LogP contribution in [0, 0.1) is 20.8 Å². The number of furan rings is 1. The molecule has 0 aliphatic rings. The average Bonchev–Trinajstić information content (AvgIpc) is 3.35. The molecule has 1 amide bonds. The van der Waals surface area contributed by atoms with Crippen LogP contribution in [0.15, 0.2) is 65.3 Å². The lowest BCUT2D eigenvalue weighted by atomic mass is 10.1. The number of nitrogens with one attached hydrogen (secondary N) is 1. The van der Waals surface area contributed by atoms with E-state index >= 15 is 0 Å². The second-order valence-corrected chi connectivity index (χ2v) is 7.59. The van der Waals surface area contributed by atoms with Crippen LogP contribution in [-0.2, 0) is 13.2 Å². The van der Waals surface area contributed by atoms with Gasteiger partial charge in [-0.25, -0.2) is 9.67 Å². The number of hydrogen-bond acceptors (Lipinski definition) is 5. The zero-order chi connectivity index (χ0) is 21.8. The molecule has 0 saturated carbocycles. The van der Waals surface area contributed by atoms with Crippen molar-refractivity contribution < 1.29 is 13.9 Å². The molecule has 7 nitrogen and oxygen atoms in total. The molecule has 2 aromatic heterocycles. The van der Waals surface area contributed by atoms with Crippen LogP contribution in [0.1, 0.15) is 38.6 Å². The molecule has 0 saturated heterocycles. The van der Waals surface area contributed by atoms with Crippen LogP contribution >= 0.6 is 0 Å². The van der Waals surface area contributed by atoms with Gasteiger partial charge < -0.3 is 9.15 Å². The molecule has 0 aliphatic carbocycles. The van der Waals surface area contributed by atoms with Crippen LogP contribution in [0.2, 0.25) is 0 Å². The molecule has 0 fully saturated rings. The van der Waals surface area contributed by atoms with E-state index in [9.17, 15) is 4.79 Å². The Morgan fingerprint density at radius 1 is 1.03 bits per heavy atom. The highest BCUT2D eigenvalue weighted by atomic mass is 16.5. The molecule has 2 aromatic carbocycles. The molecule has 0 aliphatic heterocycles. The summed E-state index contributed by atoms with van der Waals surface area (Å²) in [5.41, 5.74) is 4.55. The van der Waals surface area contributed by atoms with Crippen molar-refractivity contribution >= 4 is 11.9 Å². The molecule has 31 heavy (non-hydrogen) atoms. The van der Waals surface area contributed by atoms with E-state index in [-0.39, 0.29) is 18.3 Å². The number of carbonyl (C=O) groups is 1. The van der Waals surface area contributed by atoms with E-state index in [1.54, 1.807) is 23.1 Å². The molecule has 4 rings (SSSR count). The summed E-state index contributed by atoms with van der Waals surface area (Å²) in [5.74, 6) is 1.31. The second-order valence-electron chi connectivity index (χ2n) is 7.59. The van der Waals surface area contributed by atoms with Gasteiger partial charge in [0.15, 0.2) is 5.76 Å². The van der Waals surface area contributed by atoms with Gasteiger partial charge in [-0.15, -0.1) is 5.10 Å². The van der Waals surface area contributed by atoms with E-state index in [2.05, 4.69) is 27.5 Å². The Morgan fingerprint density at radius 2 is 1.84 bits per heavy atom. The summed E-state index contributed by atoms with van der Waals surface area (Å²) in [7, 11) is 0. The van der Waals surface area contributed by atoms with Gasteiger partial charge in [-0.3, -0.25) is 10.1 Å². The maximum absolute atomic E-state index is 12.5. The molecular formula is C24H24N4O3. The van der Waals surface area contributed by atoms with Crippen molar-refractivity contribution in [2.24, 2.45) is 0 Å². The van der Waals surface area contributed by atoms with Crippen molar-refractivity contribution in [1.29, 1.82) is 0 Å². The number of anilines is 1. The van der Waals surface area contributed by atoms with E-state index in [0.717, 1.165) is 22.4 Å². The van der Waals surface area contributed by atoms with Crippen molar-refractivity contribution in [2.45, 2.75) is 33.9 Å². The summed E-state index contributed by atoms with van der Waals surface area (Å²) in [6, 6.07) is 17.5. The summed E-state index contributed by atoms with van der Waals surface area (Å²) in [6.45, 7) is 6.89. The molecular weight excluding hydrogens is 392 g/mol. The van der Waals surface area contributed by atoms with Crippen LogP contribution < -0.4 is 10.1 Å². The van der Waals surface area contributed by atoms with E-state index in [0.29, 0.717) is 12.3 Å². The number of rotatable bonds is 7. The molecule has 0 unspecified atom stereocenters. The zero-order valence-corrected chi connectivity index (χ0v) is 17.8. The van der Waals surface area contributed by atoms with Gasteiger partial charge in [-0.1, -0.05) is 35.9 Å². The largest absolute Gasteiger partial charge is 0.486 e. The van der Waals surface area contributed by atoms with Crippen LogP contribution in [0.25, 0.3) is 0 Å². The van der Waals surface area contributed by atoms with Gasteiger partial charge in [0.1, 0.15) is 24.4 Å². The highest BCUT2D eigenvalue weighted by molar-refractivity contribution is 6.01. The maximum Gasteiger partial charge on any atom is 0.293 e. The standard InChI is InChI=1S/C24H24N4O3/c1-16-5-4-6-19(10-16)13-28-15-25-24(27-28)26-23(29)22-8-7-20(31-22)14-30-21-11-17(2)9-18(3)12-21/h4-12,15H,13-14H2,1-3H3,(H,26,27,29). The lowest BCUT2D eigenvalue weighted by Crippen LogP contribution is -2.12. The lowest BCUT2D eigenvalue weighted by Gasteiger charge is -2.06. The topological polar surface area (TPSA) is 82.2 Å². The van der Waals surface area contributed by atoms with Crippen LogP contribution in [-0.4, -0.2) is 20.7 Å². The molecule has 1 N–H and O–H groups in total. The molecule has 7 heteroatoms. The van der Waals surface area contributed by atoms with Crippen molar-refractivity contribution in [3.05, 3.63) is 94.7 Å². The van der Waals surface area contributed by atoms with Gasteiger partial charge in [-0.2, -0.15) is 0 Å². The fraction of sp³-hybridized carbons (Fsp3) is 0.208. The Kier molecular flexibility index (Phi) is 5.84. The van der Waals surface area contributed by atoms with E-state index < -0.39 is 5.91 Å². The minimum atomic E-state index is -0.411. The van der Waals surface area contributed by atoms with E-state index in [1.807, 2.05) is 51.1 Å². The van der Waals surface area contributed by atoms with Crippen molar-refractivity contribution in [2.75, 3.05) is 5.32 Å². The molecule has 2 heterocycles. The second kappa shape index (κ2) is 8.87. The number of benzene rings is 2. The summed E-state index contributed by atoms with van der Waals surface area (Å²) >= 11 is 0. The maximum atomic E-state index is 12.5. The predicted molar refractivity (Wildman–Crippen MR) is 117 cm³/mol. The minimum Gasteiger partial charge on any atom is -0.486 e. The highest BCUT2D eigenvalue weighted by Crippen LogP contribution is 2.19. The third-order valence-corrected chi connectivity index (χ3v) is 4.65. The summed E-state index contributed by atoms with van der Waals surface area (Å²) < 4.78 is 13.1. The smallest absolute Gasteiger partial charge is 0.293 e. The Hall–Kier alpha value is -3.87. The first kappa shape index (κ1) is 20.4. The van der Waals surface area contributed by atoms with Gasteiger partial charge in [0.2, 0.25) is 5.95 Å². The number of aromatic nitrogens is 3. The predicted octanol–water partition coefficient (Wildman–Crippen LogP) is 4.68. The molecule has 158 valence electrons. The number of ether oxygens (including phenoxy) is 1. The van der Waals surface area contributed by atoms with Crippen molar-refractivity contribution in [1.82, 2.24) is 14.8 Å². The van der Waals surface area contributed by atoms with Crippen molar-refractivity contribution in [3.8, 4) is 5.75 Å². The molecule has 0 radical (unpaired) electrons. The fourth-order valence-corrected chi connectivity index (χ4v) is 3.34. The average molecular weight is 416 g/mol. The van der Waals surface area contributed by atoms with Gasteiger partial charge in [0, 0.05) is 0 Å². The first-order chi connectivity index (χ1) is 14.9. The van der Waals surface area contributed by atoms with Crippen LogP contribution in [0.4, 0.5) is 5.95 Å². The normalized spacial score (nSPS) is 10.8. The zero-order valence-electron chi connectivity index (χ0n) is 17.8. The summed E-state index contributed by atoms with van der Waals surface area (Å²) in [6.07, 6.45) is 1.59. The molecule has 0 atom stereocenters. The molecule has 4 aromatic rings. The third kappa shape index (κ3) is 5.39. The van der Waals surface area contributed by atoms with Crippen LogP contribution in [0.5, 0.6) is 5.75 Å². The van der Waals surface area contributed by atoms with Gasteiger partial charge in [0.25, 0.3) is 5.91 Å². The van der Waals surface area contributed by atoms with E-state index in [4.69, 9.17) is 9.15 Å². The van der Waals surface area contributed by atoms with Crippen molar-refractivity contribution in [3.63, 3.8) is 0 Å². The molecule has 0 bridgehead atoms. The van der Waals surface area contributed by atoms with E-state index in [1.165, 1.54) is 5.56 Å². The quantitative estimate of drug-likeness (QED) is 0.473. The van der Waals surface area contributed by atoms with Gasteiger partial charge in [-0.05, 0) is 61.7 Å². The SMILES string of the molecule is Cc1cccc(Cn2cnc(NC(=O)c3ccc(COc4cc(C)cc(C)c4)o3)n2)c1. The Balaban J connectivity index is 1.34.